The second-order valence-electron chi connectivity index (χ2n) is 4.87. The van der Waals surface area contributed by atoms with E-state index < -0.39 is 0 Å². The fourth-order valence-corrected chi connectivity index (χ4v) is 2.52. The lowest BCUT2D eigenvalue weighted by Gasteiger charge is -2.27. The molecular weight excluding hydrogens is 216 g/mol. The van der Waals surface area contributed by atoms with E-state index in [0.29, 0.717) is 31.2 Å². The zero-order valence-electron chi connectivity index (χ0n) is 10.8. The summed E-state index contributed by atoms with van der Waals surface area (Å²) >= 11 is 0. The summed E-state index contributed by atoms with van der Waals surface area (Å²) in [7, 11) is 0. The first kappa shape index (κ1) is 14.2. The van der Waals surface area contributed by atoms with Crippen LogP contribution < -0.4 is 5.73 Å². The molecule has 0 aromatic rings. The predicted molar refractivity (Wildman–Crippen MR) is 67.6 cm³/mol. The van der Waals surface area contributed by atoms with Crippen molar-refractivity contribution >= 4 is 11.7 Å². The lowest BCUT2D eigenvalue weighted by molar-refractivity contribution is -0.119. The van der Waals surface area contributed by atoms with Crippen LogP contribution in [0.4, 0.5) is 0 Å². The average molecular weight is 240 g/mol. The third-order valence-corrected chi connectivity index (χ3v) is 3.50. The first-order chi connectivity index (χ1) is 8.13. The normalized spacial score (nSPS) is 16.6. The molecule has 1 amide bonds. The molecule has 1 aliphatic rings. The number of ketones is 1. The number of amides is 1. The second-order valence-corrected chi connectivity index (χ2v) is 4.87. The third-order valence-electron chi connectivity index (χ3n) is 3.50. The highest BCUT2D eigenvalue weighted by Crippen LogP contribution is 2.23. The molecular formula is C13H24N2O2. The molecule has 1 aliphatic carbocycles. The van der Waals surface area contributed by atoms with E-state index in [1.54, 1.807) is 0 Å². The van der Waals surface area contributed by atoms with Crippen molar-refractivity contribution in [2.75, 3.05) is 13.1 Å². The van der Waals surface area contributed by atoms with Gasteiger partial charge in [-0.15, -0.1) is 0 Å². The van der Waals surface area contributed by atoms with Crippen LogP contribution in [0.5, 0.6) is 0 Å². The summed E-state index contributed by atoms with van der Waals surface area (Å²) in [5.41, 5.74) is 5.27. The monoisotopic (exact) mass is 240 g/mol. The van der Waals surface area contributed by atoms with Gasteiger partial charge >= 0.3 is 0 Å². The quantitative estimate of drug-likeness (QED) is 0.699. The number of carbonyl (C=O) groups is 2. The van der Waals surface area contributed by atoms with Crippen LogP contribution in [0.1, 0.15) is 51.9 Å². The van der Waals surface area contributed by atoms with Gasteiger partial charge < -0.3 is 5.73 Å². The highest BCUT2D eigenvalue weighted by atomic mass is 16.1. The summed E-state index contributed by atoms with van der Waals surface area (Å²) in [5.74, 6) is 0.0363. The van der Waals surface area contributed by atoms with E-state index in [9.17, 15) is 9.59 Å². The molecule has 0 saturated heterocycles. The van der Waals surface area contributed by atoms with Crippen molar-refractivity contribution in [1.29, 1.82) is 0 Å². The molecule has 0 aromatic carbocycles. The second kappa shape index (κ2) is 7.43. The molecule has 98 valence electrons. The lowest BCUT2D eigenvalue weighted by atomic mass is 10.1. The Morgan fingerprint density at radius 3 is 2.47 bits per heavy atom. The Kier molecular flexibility index (Phi) is 6.19. The summed E-state index contributed by atoms with van der Waals surface area (Å²) in [6, 6.07) is 0.499. The number of hydrogen-bond acceptors (Lipinski definition) is 3. The van der Waals surface area contributed by atoms with Gasteiger partial charge in [0.1, 0.15) is 5.78 Å². The molecule has 0 unspecified atom stereocenters. The molecule has 0 heterocycles. The smallest absolute Gasteiger partial charge is 0.231 e. The molecule has 0 spiro atoms. The van der Waals surface area contributed by atoms with Gasteiger partial charge in [-0.3, -0.25) is 14.5 Å². The standard InChI is InChI=1S/C13H24N2O2/c1-2-12(16)8-5-9-15(10-13(14)17)11-6-3-4-7-11/h11H,2-10H2,1H3,(H2,14,17). The zero-order chi connectivity index (χ0) is 12.7. The van der Waals surface area contributed by atoms with E-state index in [1.807, 2.05) is 6.92 Å². The van der Waals surface area contributed by atoms with Gasteiger partial charge in [-0.05, 0) is 25.8 Å². The van der Waals surface area contributed by atoms with Crippen LogP contribution in [0.15, 0.2) is 0 Å². The maximum atomic E-state index is 11.2. The molecule has 2 N–H and O–H groups in total. The van der Waals surface area contributed by atoms with Gasteiger partial charge in [0.25, 0.3) is 0 Å². The van der Waals surface area contributed by atoms with E-state index in [4.69, 9.17) is 5.73 Å². The molecule has 17 heavy (non-hydrogen) atoms. The Bertz CT molecular complexity index is 260. The Morgan fingerprint density at radius 2 is 1.94 bits per heavy atom. The molecule has 0 aromatic heterocycles. The van der Waals surface area contributed by atoms with Gasteiger partial charge in [-0.1, -0.05) is 19.8 Å². The van der Waals surface area contributed by atoms with Gasteiger partial charge in [0.05, 0.1) is 6.54 Å². The van der Waals surface area contributed by atoms with Crippen LogP contribution in [-0.4, -0.2) is 35.7 Å². The summed E-state index contributed by atoms with van der Waals surface area (Å²) in [6.07, 6.45) is 6.89. The molecule has 4 heteroatoms. The Hall–Kier alpha value is -0.900. The molecule has 1 fully saturated rings. The van der Waals surface area contributed by atoms with Crippen molar-refractivity contribution in [3.8, 4) is 0 Å². The van der Waals surface area contributed by atoms with Crippen molar-refractivity contribution in [2.24, 2.45) is 5.73 Å². The van der Waals surface area contributed by atoms with Crippen LogP contribution >= 0.6 is 0 Å². The Morgan fingerprint density at radius 1 is 1.29 bits per heavy atom. The van der Waals surface area contributed by atoms with Gasteiger partial charge in [-0.25, -0.2) is 0 Å². The van der Waals surface area contributed by atoms with Crippen molar-refractivity contribution in [3.05, 3.63) is 0 Å². The number of primary amides is 1. The summed E-state index contributed by atoms with van der Waals surface area (Å²) in [5, 5.41) is 0. The average Bonchev–Trinajstić information content (AvgIpc) is 2.80. The van der Waals surface area contributed by atoms with E-state index in [1.165, 1.54) is 12.8 Å². The minimum Gasteiger partial charge on any atom is -0.369 e. The molecule has 0 aliphatic heterocycles. The van der Waals surface area contributed by atoms with Crippen LogP contribution in [0.3, 0.4) is 0 Å². The van der Waals surface area contributed by atoms with E-state index in [-0.39, 0.29) is 5.91 Å². The highest BCUT2D eigenvalue weighted by molar-refractivity contribution is 5.78. The van der Waals surface area contributed by atoms with Crippen LogP contribution in [0.25, 0.3) is 0 Å². The molecule has 0 atom stereocenters. The van der Waals surface area contributed by atoms with Crippen molar-refractivity contribution in [1.82, 2.24) is 4.90 Å². The van der Waals surface area contributed by atoms with Crippen molar-refractivity contribution < 1.29 is 9.59 Å². The van der Waals surface area contributed by atoms with E-state index in [2.05, 4.69) is 4.90 Å². The minimum absolute atomic E-state index is 0.265. The summed E-state index contributed by atoms with van der Waals surface area (Å²) in [6.45, 7) is 3.05. The van der Waals surface area contributed by atoms with E-state index in [0.717, 1.165) is 25.8 Å². The maximum Gasteiger partial charge on any atom is 0.231 e. The molecule has 4 nitrogen and oxygen atoms in total. The van der Waals surface area contributed by atoms with Gasteiger partial charge in [0, 0.05) is 18.9 Å². The minimum atomic E-state index is -0.265. The third kappa shape index (κ3) is 5.31. The number of Topliss-reactive ketones (excluding diaryl/α,β-unsaturated/α-hetero) is 1. The topological polar surface area (TPSA) is 63.4 Å². The zero-order valence-corrected chi connectivity index (χ0v) is 10.8. The molecule has 1 rings (SSSR count). The Labute approximate surface area is 104 Å². The first-order valence-corrected chi connectivity index (χ1v) is 6.67. The fourth-order valence-electron chi connectivity index (χ4n) is 2.52. The van der Waals surface area contributed by atoms with Crippen LogP contribution in [0.2, 0.25) is 0 Å². The highest BCUT2D eigenvalue weighted by Gasteiger charge is 2.23. The van der Waals surface area contributed by atoms with Gasteiger partial charge in [-0.2, -0.15) is 0 Å². The Balaban J connectivity index is 2.34. The number of hydrogen-bond donors (Lipinski definition) is 1. The molecule has 0 radical (unpaired) electrons. The summed E-state index contributed by atoms with van der Waals surface area (Å²) in [4.78, 5) is 24.4. The molecule has 1 saturated carbocycles. The largest absolute Gasteiger partial charge is 0.369 e. The SMILES string of the molecule is CCC(=O)CCCN(CC(N)=O)C1CCCC1. The lowest BCUT2D eigenvalue weighted by Crippen LogP contribution is -2.40. The van der Waals surface area contributed by atoms with Gasteiger partial charge in [0.2, 0.25) is 5.91 Å². The predicted octanol–water partition coefficient (Wildman–Crippen LogP) is 1.48. The van der Waals surface area contributed by atoms with Crippen LogP contribution in [0, 0.1) is 0 Å². The summed E-state index contributed by atoms with van der Waals surface area (Å²) < 4.78 is 0. The number of nitrogens with zero attached hydrogens (tertiary/aromatic N) is 1. The molecule has 0 bridgehead atoms. The van der Waals surface area contributed by atoms with E-state index >= 15 is 0 Å². The van der Waals surface area contributed by atoms with Gasteiger partial charge in [0.15, 0.2) is 0 Å². The van der Waals surface area contributed by atoms with Crippen molar-refractivity contribution in [2.45, 2.75) is 57.9 Å². The maximum absolute atomic E-state index is 11.2. The number of rotatable bonds is 8. The van der Waals surface area contributed by atoms with Crippen molar-refractivity contribution in [3.63, 3.8) is 0 Å². The van der Waals surface area contributed by atoms with Crippen LogP contribution in [-0.2, 0) is 9.59 Å². The first-order valence-electron chi connectivity index (χ1n) is 6.67. The number of nitrogens with two attached hydrogens (primary N) is 1. The number of carbonyl (C=O) groups excluding carboxylic acids is 2. The fraction of sp³-hybridized carbons (Fsp3) is 0.846.